The molecule has 0 saturated carbocycles. The summed E-state index contributed by atoms with van der Waals surface area (Å²) < 4.78 is 62.3. The molecule has 156 valence electrons. The lowest BCUT2D eigenvalue weighted by atomic mass is 10.3. The van der Waals surface area contributed by atoms with Gasteiger partial charge in [-0.3, -0.25) is 9.29 Å². The molecule has 8 nitrogen and oxygen atoms in total. The van der Waals surface area contributed by atoms with E-state index in [9.17, 15) is 21.6 Å². The van der Waals surface area contributed by atoms with Crippen LogP contribution in [0.2, 0.25) is 0 Å². The zero-order valence-corrected chi connectivity index (χ0v) is 16.6. The quantitative estimate of drug-likeness (QED) is 0.546. The van der Waals surface area contributed by atoms with Gasteiger partial charge in [-0.25, -0.2) is 9.97 Å². The highest BCUT2D eigenvalue weighted by Gasteiger charge is 2.49. The van der Waals surface area contributed by atoms with Gasteiger partial charge in [0.15, 0.2) is 11.6 Å². The topological polar surface area (TPSA) is 101 Å². The summed E-state index contributed by atoms with van der Waals surface area (Å²) in [5.74, 6) is 0.439. The summed E-state index contributed by atoms with van der Waals surface area (Å²) in [5.41, 5.74) is -4.73. The maximum Gasteiger partial charge on any atom is 0.516 e. The molecule has 3 rings (SSSR count). The van der Waals surface area contributed by atoms with E-state index < -0.39 is 15.5 Å². The number of nitrogens with zero attached hydrogens (tertiary/aromatic N) is 6. The van der Waals surface area contributed by atoms with Crippen molar-refractivity contribution in [2.45, 2.75) is 12.4 Å². The molecule has 0 spiro atoms. The van der Waals surface area contributed by atoms with E-state index in [0.717, 1.165) is 7.05 Å². The number of sulfonamides is 1. The van der Waals surface area contributed by atoms with Gasteiger partial charge >= 0.3 is 15.5 Å². The van der Waals surface area contributed by atoms with E-state index >= 15 is 0 Å². The van der Waals surface area contributed by atoms with Crippen LogP contribution in [0.4, 0.5) is 30.4 Å². The van der Waals surface area contributed by atoms with Crippen LogP contribution in [-0.2, 0) is 10.0 Å². The highest BCUT2D eigenvalue weighted by Crippen LogP contribution is 2.35. The van der Waals surface area contributed by atoms with Crippen LogP contribution < -0.4 is 4.31 Å². The number of benzene rings is 1. The van der Waals surface area contributed by atoms with Crippen molar-refractivity contribution >= 4 is 27.2 Å². The summed E-state index contributed by atoms with van der Waals surface area (Å²) in [6.45, 7) is 1.71. The van der Waals surface area contributed by atoms with Gasteiger partial charge < -0.3 is 0 Å². The zero-order chi connectivity index (χ0) is 21.9. The smallest absolute Gasteiger partial charge is 0.264 e. The van der Waals surface area contributed by atoms with E-state index in [1.807, 2.05) is 0 Å². The molecule has 2 aromatic heterocycles. The molecule has 0 saturated heterocycles. The fraction of sp³-hybridized carbons (Fsp3) is 0.167. The molecule has 0 fully saturated rings. The average molecular weight is 436 g/mol. The second-order valence-electron chi connectivity index (χ2n) is 6.01. The molecule has 0 aliphatic rings. The number of aromatic nitrogens is 3. The summed E-state index contributed by atoms with van der Waals surface area (Å²) in [7, 11) is -4.79. The van der Waals surface area contributed by atoms with Crippen molar-refractivity contribution in [1.82, 2.24) is 15.0 Å². The normalized spacial score (nSPS) is 12.3. The molecule has 12 heteroatoms. The third kappa shape index (κ3) is 4.43. The highest BCUT2D eigenvalue weighted by molar-refractivity contribution is 7.93. The van der Waals surface area contributed by atoms with Gasteiger partial charge in [-0.2, -0.15) is 21.6 Å². The molecule has 0 aliphatic heterocycles. The first-order valence-electron chi connectivity index (χ1n) is 8.42. The molecule has 0 aliphatic carbocycles. The number of alkyl halides is 3. The van der Waals surface area contributed by atoms with Crippen LogP contribution in [0.15, 0.2) is 65.0 Å². The van der Waals surface area contributed by atoms with Crippen molar-refractivity contribution in [2.24, 2.45) is 10.2 Å². The Kier molecular flexibility index (Phi) is 5.78. The van der Waals surface area contributed by atoms with Crippen LogP contribution in [-0.4, -0.2) is 35.9 Å². The van der Waals surface area contributed by atoms with Gasteiger partial charge in [-0.05, 0) is 31.2 Å². The Balaban J connectivity index is 1.98. The van der Waals surface area contributed by atoms with Crippen molar-refractivity contribution in [3.8, 4) is 11.5 Å². The standard InChI is InChI=1S/C18H15F3N6O2S/c1-12-11-16(24-17(23-12)14-8-5-6-10-22-14)26-25-13-7-3-4-9-15(13)27(2)30(28,29)18(19,20)21/h3-11H,1-2H3. The van der Waals surface area contributed by atoms with E-state index in [-0.39, 0.29) is 21.5 Å². The lowest BCUT2D eigenvalue weighted by Gasteiger charge is -2.21. The SMILES string of the molecule is Cc1cc(N=Nc2ccccc2N(C)S(=O)(=O)C(F)(F)F)nc(-c2ccccn2)n1. The molecule has 0 amide bonds. The van der Waals surface area contributed by atoms with Gasteiger partial charge in [0.05, 0.1) is 5.69 Å². The van der Waals surface area contributed by atoms with Crippen molar-refractivity contribution < 1.29 is 21.6 Å². The minimum atomic E-state index is -5.59. The zero-order valence-electron chi connectivity index (χ0n) is 15.7. The maximum atomic E-state index is 12.9. The highest BCUT2D eigenvalue weighted by atomic mass is 32.2. The van der Waals surface area contributed by atoms with Gasteiger partial charge in [-0.1, -0.05) is 18.2 Å². The fourth-order valence-corrected chi connectivity index (χ4v) is 3.14. The van der Waals surface area contributed by atoms with Gasteiger partial charge in [0.25, 0.3) is 0 Å². The fourth-order valence-electron chi connectivity index (χ4n) is 2.42. The van der Waals surface area contributed by atoms with Crippen molar-refractivity contribution in [3.05, 3.63) is 60.4 Å². The van der Waals surface area contributed by atoms with Crippen LogP contribution in [0.3, 0.4) is 0 Å². The number of hydrogen-bond donors (Lipinski definition) is 0. The first-order chi connectivity index (χ1) is 14.1. The molecular formula is C18H15F3N6O2S. The Labute approximate surface area is 170 Å². The average Bonchev–Trinajstić information content (AvgIpc) is 2.71. The number of halogens is 3. The summed E-state index contributed by atoms with van der Waals surface area (Å²) in [6.07, 6.45) is 1.58. The molecule has 0 unspecified atom stereocenters. The minimum Gasteiger partial charge on any atom is -0.264 e. The Hall–Kier alpha value is -3.41. The van der Waals surface area contributed by atoms with E-state index in [1.165, 1.54) is 30.3 Å². The molecule has 0 radical (unpaired) electrons. The number of para-hydroxylation sites is 1. The predicted molar refractivity (Wildman–Crippen MR) is 104 cm³/mol. The molecule has 0 bridgehead atoms. The van der Waals surface area contributed by atoms with Crippen LogP contribution in [0.5, 0.6) is 0 Å². The number of anilines is 1. The van der Waals surface area contributed by atoms with Gasteiger partial charge in [-0.15, -0.1) is 10.2 Å². The third-order valence-corrected chi connectivity index (χ3v) is 5.37. The van der Waals surface area contributed by atoms with Crippen LogP contribution in [0.25, 0.3) is 11.5 Å². The first kappa shape index (κ1) is 21.3. The third-order valence-electron chi connectivity index (χ3n) is 3.87. The van der Waals surface area contributed by atoms with E-state index in [2.05, 4.69) is 25.2 Å². The van der Waals surface area contributed by atoms with Crippen LogP contribution >= 0.6 is 0 Å². The van der Waals surface area contributed by atoms with Crippen molar-refractivity contribution in [1.29, 1.82) is 0 Å². The Bertz CT molecular complexity index is 1180. The Morgan fingerprint density at radius 3 is 2.37 bits per heavy atom. The van der Waals surface area contributed by atoms with Crippen molar-refractivity contribution in [2.75, 3.05) is 11.4 Å². The monoisotopic (exact) mass is 436 g/mol. The van der Waals surface area contributed by atoms with Crippen LogP contribution in [0, 0.1) is 6.92 Å². The number of hydrogen-bond acceptors (Lipinski definition) is 7. The second kappa shape index (κ2) is 8.14. The van der Waals surface area contributed by atoms with Crippen molar-refractivity contribution in [3.63, 3.8) is 0 Å². The Morgan fingerprint density at radius 1 is 1.00 bits per heavy atom. The minimum absolute atomic E-state index is 0.0801. The number of pyridine rings is 1. The second-order valence-corrected chi connectivity index (χ2v) is 7.97. The van der Waals surface area contributed by atoms with Crippen LogP contribution in [0.1, 0.15) is 5.69 Å². The molecule has 3 aromatic rings. The summed E-state index contributed by atoms with van der Waals surface area (Å²) in [4.78, 5) is 12.7. The van der Waals surface area contributed by atoms with E-state index in [4.69, 9.17) is 0 Å². The largest absolute Gasteiger partial charge is 0.516 e. The molecular weight excluding hydrogens is 421 g/mol. The van der Waals surface area contributed by atoms with E-state index in [0.29, 0.717) is 17.2 Å². The maximum absolute atomic E-state index is 12.9. The van der Waals surface area contributed by atoms with Gasteiger partial charge in [0.1, 0.15) is 11.4 Å². The summed E-state index contributed by atoms with van der Waals surface area (Å²) >= 11 is 0. The number of azo groups is 1. The number of rotatable bonds is 5. The predicted octanol–water partition coefficient (Wildman–Crippen LogP) is 4.55. The molecule has 30 heavy (non-hydrogen) atoms. The van der Waals surface area contributed by atoms with Gasteiger partial charge in [0.2, 0.25) is 0 Å². The first-order valence-corrected chi connectivity index (χ1v) is 9.86. The van der Waals surface area contributed by atoms with Gasteiger partial charge in [0, 0.05) is 25.0 Å². The molecule has 0 N–H and O–H groups in total. The summed E-state index contributed by atoms with van der Waals surface area (Å²) in [6, 6.07) is 12.2. The lowest BCUT2D eigenvalue weighted by molar-refractivity contribution is -0.0437. The molecule has 1 aromatic carbocycles. The lowest BCUT2D eigenvalue weighted by Crippen LogP contribution is -2.38. The number of aryl methyl sites for hydroxylation is 1. The summed E-state index contributed by atoms with van der Waals surface area (Å²) in [5, 5.41) is 7.86. The Morgan fingerprint density at radius 2 is 1.70 bits per heavy atom. The van der Waals surface area contributed by atoms with E-state index in [1.54, 1.807) is 31.3 Å². The molecule has 0 atom stereocenters. The molecule has 2 heterocycles.